The Labute approximate surface area is 136 Å². The van der Waals surface area contributed by atoms with Gasteiger partial charge in [-0.05, 0) is 23.8 Å². The molecule has 0 spiro atoms. The standard InChI is InChI=1S/C12H10ClNO4S3/c13-9-3-1-8(2-4-9)7-10-11(15)14(12(19)20-10)5-6-21(16,17)18/h1-4,7H,5-6H2,(H,16,17,18)/p-1/b10-7+. The van der Waals surface area contributed by atoms with Crippen molar-refractivity contribution in [1.29, 1.82) is 0 Å². The normalized spacial score (nSPS) is 17.8. The van der Waals surface area contributed by atoms with E-state index in [9.17, 15) is 17.8 Å². The minimum Gasteiger partial charge on any atom is -0.748 e. The van der Waals surface area contributed by atoms with Crippen LogP contribution < -0.4 is 0 Å². The van der Waals surface area contributed by atoms with Crippen LogP contribution in [-0.4, -0.2) is 40.4 Å². The smallest absolute Gasteiger partial charge is 0.266 e. The zero-order chi connectivity index (χ0) is 15.6. The van der Waals surface area contributed by atoms with Crippen molar-refractivity contribution in [2.24, 2.45) is 0 Å². The molecule has 1 amide bonds. The lowest BCUT2D eigenvalue weighted by atomic mass is 10.2. The van der Waals surface area contributed by atoms with E-state index in [1.165, 1.54) is 0 Å². The number of hydrogen-bond acceptors (Lipinski definition) is 6. The molecule has 0 N–H and O–H groups in total. The van der Waals surface area contributed by atoms with Gasteiger partial charge in [0.15, 0.2) is 0 Å². The highest BCUT2D eigenvalue weighted by Gasteiger charge is 2.31. The highest BCUT2D eigenvalue weighted by atomic mass is 35.5. The molecule has 112 valence electrons. The van der Waals surface area contributed by atoms with Crippen LogP contribution >= 0.6 is 35.6 Å². The quantitative estimate of drug-likeness (QED) is 0.463. The van der Waals surface area contributed by atoms with E-state index in [1.807, 2.05) is 0 Å². The van der Waals surface area contributed by atoms with Gasteiger partial charge in [-0.3, -0.25) is 9.69 Å². The molecule has 0 aromatic heterocycles. The lowest BCUT2D eigenvalue weighted by molar-refractivity contribution is -0.121. The van der Waals surface area contributed by atoms with Crippen LogP contribution in [0, 0.1) is 0 Å². The zero-order valence-corrected chi connectivity index (χ0v) is 13.7. The molecule has 1 aliphatic rings. The summed E-state index contributed by atoms with van der Waals surface area (Å²) in [6.07, 6.45) is 1.64. The number of amides is 1. The summed E-state index contributed by atoms with van der Waals surface area (Å²) in [5.41, 5.74) is 0.774. The predicted molar refractivity (Wildman–Crippen MR) is 85.9 cm³/mol. The molecule has 5 nitrogen and oxygen atoms in total. The molecule has 0 unspecified atom stereocenters. The molecule has 0 radical (unpaired) electrons. The fraction of sp³-hybridized carbons (Fsp3) is 0.167. The van der Waals surface area contributed by atoms with Crippen molar-refractivity contribution in [3.63, 3.8) is 0 Å². The van der Waals surface area contributed by atoms with Crippen molar-refractivity contribution in [1.82, 2.24) is 4.90 Å². The predicted octanol–water partition coefficient (Wildman–Crippen LogP) is 2.09. The molecule has 1 fully saturated rings. The average molecular weight is 363 g/mol. The van der Waals surface area contributed by atoms with Crippen LogP contribution in [0.3, 0.4) is 0 Å². The van der Waals surface area contributed by atoms with Crippen molar-refractivity contribution in [2.75, 3.05) is 12.3 Å². The van der Waals surface area contributed by atoms with Crippen molar-refractivity contribution in [3.05, 3.63) is 39.8 Å². The maximum atomic E-state index is 12.1. The molecule has 1 aromatic rings. The Bertz CT molecular complexity index is 713. The second-order valence-electron chi connectivity index (χ2n) is 4.15. The summed E-state index contributed by atoms with van der Waals surface area (Å²) in [6, 6.07) is 6.88. The molecule has 2 rings (SSSR count). The minimum absolute atomic E-state index is 0.228. The molecule has 0 saturated carbocycles. The summed E-state index contributed by atoms with van der Waals surface area (Å²) >= 11 is 11.9. The average Bonchev–Trinajstić information content (AvgIpc) is 2.64. The molecular formula is C12H9ClNO4S3-. The largest absolute Gasteiger partial charge is 0.748 e. The van der Waals surface area contributed by atoms with E-state index in [0.717, 1.165) is 22.2 Å². The first-order valence-electron chi connectivity index (χ1n) is 5.71. The van der Waals surface area contributed by atoms with E-state index >= 15 is 0 Å². The monoisotopic (exact) mass is 362 g/mol. The topological polar surface area (TPSA) is 77.5 Å². The summed E-state index contributed by atoms with van der Waals surface area (Å²) in [5, 5.41) is 0.584. The number of carbonyl (C=O) groups is 1. The van der Waals surface area contributed by atoms with Crippen molar-refractivity contribution in [2.45, 2.75) is 0 Å². The number of rotatable bonds is 4. The molecule has 1 saturated heterocycles. The molecule has 0 aliphatic carbocycles. The second-order valence-corrected chi connectivity index (χ2v) is 7.78. The number of halogens is 1. The van der Waals surface area contributed by atoms with Gasteiger partial charge in [0.05, 0.1) is 20.8 Å². The third-order valence-electron chi connectivity index (χ3n) is 2.61. The lowest BCUT2D eigenvalue weighted by Crippen LogP contribution is -2.32. The summed E-state index contributed by atoms with van der Waals surface area (Å²) in [5.74, 6) is -1.06. The van der Waals surface area contributed by atoms with Crippen LogP contribution in [0.2, 0.25) is 5.02 Å². The molecule has 0 atom stereocenters. The Morgan fingerprint density at radius 3 is 2.52 bits per heavy atom. The van der Waals surface area contributed by atoms with E-state index in [4.69, 9.17) is 23.8 Å². The van der Waals surface area contributed by atoms with Gasteiger partial charge in [-0.25, -0.2) is 8.42 Å². The molecule has 21 heavy (non-hydrogen) atoms. The number of thioether (sulfide) groups is 1. The fourth-order valence-electron chi connectivity index (χ4n) is 1.61. The van der Waals surface area contributed by atoms with Gasteiger partial charge >= 0.3 is 0 Å². The van der Waals surface area contributed by atoms with E-state index in [0.29, 0.717) is 9.93 Å². The van der Waals surface area contributed by atoms with E-state index in [-0.39, 0.29) is 10.9 Å². The second kappa shape index (κ2) is 6.45. The van der Waals surface area contributed by atoms with Crippen LogP contribution in [0.15, 0.2) is 29.2 Å². The Hall–Kier alpha value is -0.930. The molecule has 9 heteroatoms. The lowest BCUT2D eigenvalue weighted by Gasteiger charge is -2.15. The number of nitrogens with zero attached hydrogens (tertiary/aromatic N) is 1. The van der Waals surface area contributed by atoms with Crippen LogP contribution in [-0.2, 0) is 14.9 Å². The molecule has 0 bridgehead atoms. The van der Waals surface area contributed by atoms with Crippen molar-refractivity contribution >= 4 is 62.0 Å². The van der Waals surface area contributed by atoms with E-state index < -0.39 is 21.8 Å². The minimum atomic E-state index is -4.39. The Morgan fingerprint density at radius 1 is 1.33 bits per heavy atom. The number of hydrogen-bond donors (Lipinski definition) is 0. The van der Waals surface area contributed by atoms with Gasteiger partial charge in [-0.1, -0.05) is 47.7 Å². The number of carbonyl (C=O) groups excluding carboxylic acids is 1. The van der Waals surface area contributed by atoms with Crippen LogP contribution in [0.4, 0.5) is 0 Å². The first-order chi connectivity index (χ1) is 9.76. The summed E-state index contributed by atoms with van der Waals surface area (Å²) in [6.45, 7) is -0.228. The van der Waals surface area contributed by atoms with Crippen molar-refractivity contribution < 1.29 is 17.8 Å². The summed E-state index contributed by atoms with van der Waals surface area (Å²) in [7, 11) is -4.39. The van der Waals surface area contributed by atoms with Gasteiger partial charge in [0.2, 0.25) is 0 Å². The van der Waals surface area contributed by atoms with Crippen LogP contribution in [0.1, 0.15) is 5.56 Å². The van der Waals surface area contributed by atoms with Gasteiger partial charge < -0.3 is 4.55 Å². The van der Waals surface area contributed by atoms with E-state index in [1.54, 1.807) is 30.3 Å². The summed E-state index contributed by atoms with van der Waals surface area (Å²) < 4.78 is 32.1. The van der Waals surface area contributed by atoms with Gasteiger partial charge in [0.25, 0.3) is 5.91 Å². The Kier molecular flexibility index (Phi) is 5.05. The van der Waals surface area contributed by atoms with Gasteiger partial charge in [-0.15, -0.1) is 0 Å². The highest BCUT2D eigenvalue weighted by molar-refractivity contribution is 8.26. The highest BCUT2D eigenvalue weighted by Crippen LogP contribution is 2.32. The van der Waals surface area contributed by atoms with Crippen molar-refractivity contribution in [3.8, 4) is 0 Å². The molecule has 1 aliphatic heterocycles. The van der Waals surface area contributed by atoms with Crippen LogP contribution in [0.25, 0.3) is 6.08 Å². The molecule has 1 heterocycles. The molecule has 1 aromatic carbocycles. The Morgan fingerprint density at radius 2 is 1.95 bits per heavy atom. The first kappa shape index (κ1) is 16.4. The van der Waals surface area contributed by atoms with Gasteiger partial charge in [0.1, 0.15) is 4.32 Å². The van der Waals surface area contributed by atoms with Gasteiger partial charge in [0, 0.05) is 11.6 Å². The van der Waals surface area contributed by atoms with E-state index in [2.05, 4.69) is 0 Å². The number of benzene rings is 1. The maximum absolute atomic E-state index is 12.1. The SMILES string of the molecule is O=C1/C(=C\c2ccc(Cl)cc2)SC(=S)N1CCS(=O)(=O)[O-]. The zero-order valence-electron chi connectivity index (χ0n) is 10.5. The number of thiocarbonyl (C=S) groups is 1. The van der Waals surface area contributed by atoms with Crippen LogP contribution in [0.5, 0.6) is 0 Å². The summed E-state index contributed by atoms with van der Waals surface area (Å²) in [4.78, 5) is 13.6. The third kappa shape index (κ3) is 4.52. The first-order valence-corrected chi connectivity index (χ1v) is 8.89. The fourth-order valence-corrected chi connectivity index (χ4v) is 3.45. The Balaban J connectivity index is 2.15. The molecular weight excluding hydrogens is 354 g/mol. The maximum Gasteiger partial charge on any atom is 0.266 e. The van der Waals surface area contributed by atoms with Gasteiger partial charge in [-0.2, -0.15) is 0 Å². The third-order valence-corrected chi connectivity index (χ3v) is 4.92.